The minimum absolute atomic E-state index is 0.00590. The highest BCUT2D eigenvalue weighted by atomic mass is 17.3. The van der Waals surface area contributed by atoms with E-state index in [0.29, 0.717) is 5.92 Å². The van der Waals surface area contributed by atoms with Crippen LogP contribution in [0, 0.1) is 47.1 Å². The average molecular weight is 893 g/mol. The van der Waals surface area contributed by atoms with Gasteiger partial charge in [0, 0.05) is 36.4 Å². The van der Waals surface area contributed by atoms with Crippen molar-refractivity contribution in [1.29, 1.82) is 0 Å². The molecule has 64 heavy (non-hydrogen) atoms. The van der Waals surface area contributed by atoms with Crippen molar-refractivity contribution in [3.8, 4) is 5.75 Å². The third-order valence-electron chi connectivity index (χ3n) is 9.31. The maximum Gasteiger partial charge on any atom is 0.273 e. The number of rotatable bonds is 9. The second-order valence-corrected chi connectivity index (χ2v) is 19.9. The second kappa shape index (κ2) is 25.8. The van der Waals surface area contributed by atoms with Crippen molar-refractivity contribution < 1.29 is 34.2 Å². The summed E-state index contributed by atoms with van der Waals surface area (Å²) in [6.07, 6.45) is 6.26. The Bertz CT molecular complexity index is 2080. The minimum atomic E-state index is -0.487. The van der Waals surface area contributed by atoms with E-state index in [0.717, 1.165) is 22.3 Å². The minimum Gasteiger partial charge on any atom is -0.366 e. The largest absolute Gasteiger partial charge is 0.366 e. The van der Waals surface area contributed by atoms with Gasteiger partial charge in [-0.3, -0.25) is 39.9 Å². The van der Waals surface area contributed by atoms with Gasteiger partial charge in [-0.15, -0.1) is 0 Å². The first-order chi connectivity index (χ1) is 28.8. The zero-order valence-electron chi connectivity index (χ0n) is 40.6. The van der Waals surface area contributed by atoms with E-state index in [4.69, 9.17) is 17.4 Å². The Balaban J connectivity index is 0. The highest BCUT2D eigenvalue weighted by molar-refractivity contribution is 5.86. The van der Waals surface area contributed by atoms with Gasteiger partial charge in [0.15, 0.2) is 5.75 Å². The molecule has 0 aliphatic heterocycles. The SMILES string of the molecule is C=C(/C=C/C(N)=O)C(C)(C)C.CC(/C=C/C(N)=O)C(C)(C)C.CC(C)(C)c1cc(OON)cc([N+](=O)[O-])c1.CC(C)(C)c1ccc([N+](=O)[O-])cc1.CC(C)(C)c1cccc([N+](=O)[O-])c1. The molecule has 0 saturated heterocycles. The Morgan fingerprint density at radius 1 is 0.594 bits per heavy atom. The molecule has 354 valence electrons. The second-order valence-electron chi connectivity index (χ2n) is 19.9. The van der Waals surface area contributed by atoms with Crippen LogP contribution in [0.2, 0.25) is 0 Å². The number of nitro groups is 3. The van der Waals surface area contributed by atoms with E-state index in [1.54, 1.807) is 48.5 Å². The van der Waals surface area contributed by atoms with Crippen LogP contribution >= 0.6 is 0 Å². The zero-order valence-corrected chi connectivity index (χ0v) is 40.6. The van der Waals surface area contributed by atoms with Gasteiger partial charge in [-0.05, 0) is 67.4 Å². The lowest BCUT2D eigenvalue weighted by atomic mass is 9.82. The summed E-state index contributed by atoms with van der Waals surface area (Å²) in [5, 5.41) is 31.6. The van der Waals surface area contributed by atoms with E-state index in [1.165, 1.54) is 30.4 Å². The van der Waals surface area contributed by atoms with Crippen molar-refractivity contribution in [2.75, 3.05) is 0 Å². The molecule has 3 aromatic rings. The summed E-state index contributed by atoms with van der Waals surface area (Å²) >= 11 is 0. The Morgan fingerprint density at radius 2 is 1.03 bits per heavy atom. The van der Waals surface area contributed by atoms with Crippen molar-refractivity contribution in [2.45, 2.75) is 127 Å². The molecule has 16 heteroatoms. The smallest absolute Gasteiger partial charge is 0.273 e. The van der Waals surface area contributed by atoms with Gasteiger partial charge in [-0.25, -0.2) is 0 Å². The molecule has 0 fully saturated rings. The number of carbonyl (C=O) groups excluding carboxylic acids is 2. The molecule has 16 nitrogen and oxygen atoms in total. The van der Waals surface area contributed by atoms with Crippen LogP contribution in [0.25, 0.3) is 0 Å². The molecule has 0 bridgehead atoms. The van der Waals surface area contributed by atoms with Crippen LogP contribution in [-0.2, 0) is 30.8 Å². The molecule has 6 N–H and O–H groups in total. The lowest BCUT2D eigenvalue weighted by molar-refractivity contribution is -0.385. The van der Waals surface area contributed by atoms with Crippen molar-refractivity contribution >= 4 is 28.9 Å². The first-order valence-electron chi connectivity index (χ1n) is 20.3. The summed E-state index contributed by atoms with van der Waals surface area (Å²) in [5.74, 6) is 4.53. The van der Waals surface area contributed by atoms with E-state index in [2.05, 4.69) is 64.9 Å². The Hall–Kier alpha value is -6.26. The molecule has 0 saturated carbocycles. The summed E-state index contributed by atoms with van der Waals surface area (Å²) in [5.41, 5.74) is 13.9. The molecule has 0 aromatic heterocycles. The van der Waals surface area contributed by atoms with E-state index in [-0.39, 0.29) is 65.6 Å². The van der Waals surface area contributed by atoms with E-state index >= 15 is 0 Å². The summed E-state index contributed by atoms with van der Waals surface area (Å²) in [6, 6.07) is 17.9. The van der Waals surface area contributed by atoms with Crippen LogP contribution in [0.3, 0.4) is 0 Å². The fraction of sp³-hybridized carbons (Fsp3) is 0.458. The highest BCUT2D eigenvalue weighted by Crippen LogP contribution is 2.31. The van der Waals surface area contributed by atoms with Crippen molar-refractivity contribution in [3.05, 3.63) is 150 Å². The standard InChI is InChI=1S/C10H14N2O4.2C10H13NO2.C9H17NO.C9H15NO/c1-10(2,3)7-4-8(12(13)14)6-9(5-7)15-16-11;1-10(2,3)8-4-6-9(7-5-8)11(12)13;1-10(2,3)8-5-4-6-9(7-8)11(12)13;2*1-7(9(2,3)4)5-6-8(10)11/h4-6H,11H2,1-3H3;2*4-7H,1-3H3;5-7H,1-4H3,(H2,10,11);5-6H,1H2,2-4H3,(H2,10,11)/b;;;2*6-5+. The Labute approximate surface area is 379 Å². The van der Waals surface area contributed by atoms with Gasteiger partial charge in [0.1, 0.15) is 0 Å². The number of amides is 2. The van der Waals surface area contributed by atoms with E-state index in [1.807, 2.05) is 74.5 Å². The number of carbonyl (C=O) groups is 2. The molecule has 1 unspecified atom stereocenters. The topological polar surface area (TPSA) is 260 Å². The highest BCUT2D eigenvalue weighted by Gasteiger charge is 2.21. The maximum absolute atomic E-state index is 10.7. The monoisotopic (exact) mass is 893 g/mol. The van der Waals surface area contributed by atoms with E-state index in [9.17, 15) is 39.9 Å². The first kappa shape index (κ1) is 59.8. The number of primary amides is 2. The van der Waals surface area contributed by atoms with Crippen molar-refractivity contribution in [3.63, 3.8) is 0 Å². The molecule has 1 atom stereocenters. The maximum atomic E-state index is 10.7. The fourth-order valence-electron chi connectivity index (χ4n) is 4.36. The number of hydrogen-bond donors (Lipinski definition) is 3. The van der Waals surface area contributed by atoms with Crippen LogP contribution in [-0.4, -0.2) is 26.6 Å². The van der Waals surface area contributed by atoms with Crippen LogP contribution in [0.4, 0.5) is 17.1 Å². The Morgan fingerprint density at radius 3 is 1.39 bits per heavy atom. The van der Waals surface area contributed by atoms with Gasteiger partial charge >= 0.3 is 0 Å². The molecule has 0 radical (unpaired) electrons. The first-order valence-corrected chi connectivity index (χ1v) is 20.3. The predicted molar refractivity (Wildman–Crippen MR) is 255 cm³/mol. The van der Waals surface area contributed by atoms with Crippen molar-refractivity contribution in [1.82, 2.24) is 0 Å². The van der Waals surface area contributed by atoms with Gasteiger partial charge < -0.3 is 16.4 Å². The van der Waals surface area contributed by atoms with Crippen LogP contribution in [0.1, 0.15) is 127 Å². The molecule has 2 amide bonds. The normalized spacial score (nSPS) is 12.1. The Kier molecular flexibility index (Phi) is 24.1. The fourth-order valence-corrected chi connectivity index (χ4v) is 4.36. The lowest BCUT2D eigenvalue weighted by Crippen LogP contribution is -2.16. The summed E-state index contributed by atoms with van der Waals surface area (Å²) in [7, 11) is 0. The molecule has 0 aliphatic carbocycles. The average Bonchev–Trinajstić information content (AvgIpc) is 3.15. The van der Waals surface area contributed by atoms with Crippen molar-refractivity contribution in [2.24, 2.45) is 34.1 Å². The summed E-state index contributed by atoms with van der Waals surface area (Å²) < 4.78 is 0. The lowest BCUT2D eigenvalue weighted by Gasteiger charge is -2.23. The van der Waals surface area contributed by atoms with Gasteiger partial charge in [0.2, 0.25) is 11.8 Å². The molecule has 3 rings (SSSR count). The number of nitrogens with zero attached hydrogens (tertiary/aromatic N) is 3. The summed E-state index contributed by atoms with van der Waals surface area (Å²) in [6.45, 7) is 36.5. The number of non-ortho nitro benzene ring substituents is 3. The number of nitrogens with two attached hydrogens (primary N) is 3. The molecule has 0 spiro atoms. The summed E-state index contributed by atoms with van der Waals surface area (Å²) in [4.78, 5) is 59.6. The molecule has 3 aromatic carbocycles. The molecule has 0 heterocycles. The molecular weight excluding hydrogens is 821 g/mol. The van der Waals surface area contributed by atoms with Crippen LogP contribution in [0.15, 0.2) is 103 Å². The van der Waals surface area contributed by atoms with Gasteiger partial charge in [-0.2, -0.15) is 5.90 Å². The number of hydrogen-bond acceptors (Lipinski definition) is 11. The van der Waals surface area contributed by atoms with E-state index < -0.39 is 10.8 Å². The van der Waals surface area contributed by atoms with Gasteiger partial charge in [0.05, 0.1) is 20.8 Å². The van der Waals surface area contributed by atoms with Crippen LogP contribution in [0.5, 0.6) is 5.75 Å². The molecular formula is C48H72N6O10. The number of nitro benzene ring substituents is 3. The third kappa shape index (κ3) is 25.6. The third-order valence-corrected chi connectivity index (χ3v) is 9.31. The van der Waals surface area contributed by atoms with Gasteiger partial charge in [-0.1, -0.05) is 159 Å². The predicted octanol–water partition coefficient (Wildman–Crippen LogP) is 11.2. The van der Waals surface area contributed by atoms with Gasteiger partial charge in [0.25, 0.3) is 17.1 Å². The quantitative estimate of drug-likeness (QED) is 0.0598. The zero-order chi connectivity index (χ0) is 50.6. The molecule has 0 aliphatic rings. The number of allylic oxidation sites excluding steroid dienone is 3. The van der Waals surface area contributed by atoms with Crippen LogP contribution < -0.4 is 22.3 Å². The number of benzene rings is 3.